The summed E-state index contributed by atoms with van der Waals surface area (Å²) < 4.78 is 36.2. The quantitative estimate of drug-likeness (QED) is 0.821. The van der Waals surface area contributed by atoms with Crippen LogP contribution in [0.1, 0.15) is 0 Å². The summed E-state index contributed by atoms with van der Waals surface area (Å²) in [7, 11) is -2.24. The molecule has 0 radical (unpaired) electrons. The predicted molar refractivity (Wildman–Crippen MR) is 62.1 cm³/mol. The van der Waals surface area contributed by atoms with Gasteiger partial charge in [0.1, 0.15) is 10.7 Å². The summed E-state index contributed by atoms with van der Waals surface area (Å²) in [4.78, 5) is 10.6. The van der Waals surface area contributed by atoms with Crippen molar-refractivity contribution in [1.29, 1.82) is 0 Å². The van der Waals surface area contributed by atoms with Crippen molar-refractivity contribution in [2.75, 3.05) is 25.2 Å². The monoisotopic (exact) mass is 260 g/mol. The molecule has 1 rings (SSSR count). The Balaban J connectivity index is 3.08. The molecule has 0 heterocycles. The van der Waals surface area contributed by atoms with Gasteiger partial charge in [0.2, 0.25) is 5.91 Å². The molecule has 94 valence electrons. The standard InChI is InChI=1S/C10H13FN2O3S/c1-12-9(14)6-13-8-5-3-4-7(11)10(8)17(2,15)16/h3-5,13H,6H2,1-2H3,(H,12,14). The fourth-order valence-corrected chi connectivity index (χ4v) is 2.25. The third-order valence-corrected chi connectivity index (χ3v) is 3.21. The van der Waals surface area contributed by atoms with E-state index in [4.69, 9.17) is 0 Å². The zero-order valence-corrected chi connectivity index (χ0v) is 10.3. The first-order valence-electron chi connectivity index (χ1n) is 4.79. The van der Waals surface area contributed by atoms with Crippen LogP contribution >= 0.6 is 0 Å². The summed E-state index contributed by atoms with van der Waals surface area (Å²) in [5.41, 5.74) is 0.0797. The highest BCUT2D eigenvalue weighted by molar-refractivity contribution is 7.90. The Morgan fingerprint density at radius 3 is 2.59 bits per heavy atom. The van der Waals surface area contributed by atoms with Crippen LogP contribution in [0.25, 0.3) is 0 Å². The summed E-state index contributed by atoms with van der Waals surface area (Å²) >= 11 is 0. The molecule has 0 saturated carbocycles. The lowest BCUT2D eigenvalue weighted by Crippen LogP contribution is -2.26. The van der Waals surface area contributed by atoms with Crippen LogP contribution < -0.4 is 10.6 Å². The second-order valence-electron chi connectivity index (χ2n) is 3.42. The summed E-state index contributed by atoms with van der Waals surface area (Å²) in [6.45, 7) is -0.123. The van der Waals surface area contributed by atoms with E-state index in [1.54, 1.807) is 0 Å². The van der Waals surface area contributed by atoms with Crippen molar-refractivity contribution in [3.8, 4) is 0 Å². The van der Waals surface area contributed by atoms with Crippen molar-refractivity contribution in [2.45, 2.75) is 4.90 Å². The van der Waals surface area contributed by atoms with Gasteiger partial charge in [0.25, 0.3) is 0 Å². The number of sulfone groups is 1. The molecule has 0 aliphatic rings. The van der Waals surface area contributed by atoms with E-state index >= 15 is 0 Å². The van der Waals surface area contributed by atoms with Crippen molar-refractivity contribution in [3.63, 3.8) is 0 Å². The lowest BCUT2D eigenvalue weighted by Gasteiger charge is -2.10. The largest absolute Gasteiger partial charge is 0.375 e. The molecule has 1 aromatic rings. The average molecular weight is 260 g/mol. The lowest BCUT2D eigenvalue weighted by atomic mass is 10.3. The second-order valence-corrected chi connectivity index (χ2v) is 5.37. The molecule has 0 bridgehead atoms. The third-order valence-electron chi connectivity index (χ3n) is 2.06. The number of nitrogens with one attached hydrogen (secondary N) is 2. The minimum atomic E-state index is -3.69. The number of rotatable bonds is 4. The summed E-state index contributed by atoms with van der Waals surface area (Å²) in [5, 5.41) is 4.94. The van der Waals surface area contributed by atoms with E-state index in [1.165, 1.54) is 19.2 Å². The maximum atomic E-state index is 13.4. The summed E-state index contributed by atoms with van der Waals surface area (Å²) in [5.74, 6) is -1.16. The van der Waals surface area contributed by atoms with Crippen molar-refractivity contribution in [1.82, 2.24) is 5.32 Å². The molecule has 1 amide bonds. The maximum absolute atomic E-state index is 13.4. The van der Waals surface area contributed by atoms with Gasteiger partial charge in [0.05, 0.1) is 12.2 Å². The van der Waals surface area contributed by atoms with Gasteiger partial charge in [-0.15, -0.1) is 0 Å². The number of anilines is 1. The number of hydrogen-bond acceptors (Lipinski definition) is 4. The number of carbonyl (C=O) groups excluding carboxylic acids is 1. The Labute approximate surface area is 98.9 Å². The molecule has 0 aliphatic heterocycles. The molecule has 0 aliphatic carbocycles. The van der Waals surface area contributed by atoms with Crippen LogP contribution in [0.5, 0.6) is 0 Å². The maximum Gasteiger partial charge on any atom is 0.239 e. The first kappa shape index (κ1) is 13.4. The van der Waals surface area contributed by atoms with Crippen LogP contribution in [0.15, 0.2) is 23.1 Å². The molecule has 1 aromatic carbocycles. The average Bonchev–Trinajstić information content (AvgIpc) is 2.24. The highest BCUT2D eigenvalue weighted by Gasteiger charge is 2.18. The Morgan fingerprint density at radius 2 is 2.06 bits per heavy atom. The van der Waals surface area contributed by atoms with Gasteiger partial charge in [0.15, 0.2) is 9.84 Å². The molecule has 0 saturated heterocycles. The molecule has 17 heavy (non-hydrogen) atoms. The first-order chi connectivity index (χ1) is 7.86. The van der Waals surface area contributed by atoms with Crippen molar-refractivity contribution in [3.05, 3.63) is 24.0 Å². The Morgan fingerprint density at radius 1 is 1.41 bits per heavy atom. The van der Waals surface area contributed by atoms with Gasteiger partial charge in [-0.25, -0.2) is 12.8 Å². The second kappa shape index (κ2) is 5.13. The Bertz CT molecular complexity index is 528. The number of halogens is 1. The molecular weight excluding hydrogens is 247 g/mol. The molecule has 2 N–H and O–H groups in total. The Kier molecular flexibility index (Phi) is 4.06. The van der Waals surface area contributed by atoms with Gasteiger partial charge in [0, 0.05) is 13.3 Å². The lowest BCUT2D eigenvalue weighted by molar-refractivity contribution is -0.118. The van der Waals surface area contributed by atoms with E-state index in [0.29, 0.717) is 0 Å². The molecule has 0 spiro atoms. The number of hydrogen-bond donors (Lipinski definition) is 2. The van der Waals surface area contributed by atoms with Crippen LogP contribution in [0.3, 0.4) is 0 Å². The van der Waals surface area contributed by atoms with Crippen LogP contribution in [0.4, 0.5) is 10.1 Å². The highest BCUT2D eigenvalue weighted by Crippen LogP contribution is 2.23. The minimum absolute atomic E-state index is 0.0797. The fourth-order valence-electron chi connectivity index (χ4n) is 1.29. The van der Waals surface area contributed by atoms with Gasteiger partial charge >= 0.3 is 0 Å². The predicted octanol–water partition coefficient (Wildman–Crippen LogP) is 0.387. The van der Waals surface area contributed by atoms with Crippen molar-refractivity contribution < 1.29 is 17.6 Å². The van der Waals surface area contributed by atoms with Gasteiger partial charge in [-0.05, 0) is 12.1 Å². The van der Waals surface area contributed by atoms with E-state index in [1.807, 2.05) is 0 Å². The number of carbonyl (C=O) groups is 1. The van der Waals surface area contributed by atoms with Crippen molar-refractivity contribution in [2.24, 2.45) is 0 Å². The zero-order chi connectivity index (χ0) is 13.1. The van der Waals surface area contributed by atoms with Gasteiger partial charge in [-0.2, -0.15) is 0 Å². The van der Waals surface area contributed by atoms with E-state index < -0.39 is 20.5 Å². The molecule has 7 heteroatoms. The first-order valence-corrected chi connectivity index (χ1v) is 6.68. The zero-order valence-electron chi connectivity index (χ0n) is 9.45. The van der Waals surface area contributed by atoms with Gasteiger partial charge in [-0.1, -0.05) is 6.07 Å². The van der Waals surface area contributed by atoms with E-state index in [-0.39, 0.29) is 18.1 Å². The van der Waals surface area contributed by atoms with E-state index in [9.17, 15) is 17.6 Å². The van der Waals surface area contributed by atoms with E-state index in [0.717, 1.165) is 12.3 Å². The number of likely N-dealkylation sites (N-methyl/N-ethyl adjacent to an activating group) is 1. The normalized spacial score (nSPS) is 11.0. The molecule has 0 aromatic heterocycles. The number of amides is 1. The minimum Gasteiger partial charge on any atom is -0.375 e. The van der Waals surface area contributed by atoms with Crippen LogP contribution in [-0.2, 0) is 14.6 Å². The van der Waals surface area contributed by atoms with Gasteiger partial charge in [-0.3, -0.25) is 4.79 Å². The van der Waals surface area contributed by atoms with Crippen LogP contribution in [0, 0.1) is 5.82 Å². The summed E-state index contributed by atoms with van der Waals surface area (Å²) in [6, 6.07) is 3.83. The molecule has 5 nitrogen and oxygen atoms in total. The Hall–Kier alpha value is -1.63. The summed E-state index contributed by atoms with van der Waals surface area (Å²) in [6.07, 6.45) is 0.913. The molecular formula is C10H13FN2O3S. The smallest absolute Gasteiger partial charge is 0.239 e. The fraction of sp³-hybridized carbons (Fsp3) is 0.300. The topological polar surface area (TPSA) is 75.3 Å². The van der Waals surface area contributed by atoms with Crippen LogP contribution in [0.2, 0.25) is 0 Å². The van der Waals surface area contributed by atoms with Crippen LogP contribution in [-0.4, -0.2) is 34.2 Å². The molecule has 0 atom stereocenters. The van der Waals surface area contributed by atoms with Gasteiger partial charge < -0.3 is 10.6 Å². The highest BCUT2D eigenvalue weighted by atomic mass is 32.2. The molecule has 0 fully saturated rings. The number of benzene rings is 1. The SMILES string of the molecule is CNC(=O)CNc1cccc(F)c1S(C)(=O)=O. The molecule has 0 unspecified atom stereocenters. The van der Waals surface area contributed by atoms with E-state index in [2.05, 4.69) is 10.6 Å². The third kappa shape index (κ3) is 3.42. The van der Waals surface area contributed by atoms with Crippen molar-refractivity contribution >= 4 is 21.4 Å².